The van der Waals surface area contributed by atoms with Crippen molar-refractivity contribution in [1.29, 1.82) is 0 Å². The van der Waals surface area contributed by atoms with Crippen molar-refractivity contribution in [3.8, 4) is 0 Å². The number of hydrogen-bond acceptors (Lipinski definition) is 6. The first-order valence-electron chi connectivity index (χ1n) is 13.0. The van der Waals surface area contributed by atoms with Gasteiger partial charge in [0, 0.05) is 30.3 Å². The Morgan fingerprint density at radius 3 is 2.38 bits per heavy atom. The van der Waals surface area contributed by atoms with E-state index < -0.39 is 22.1 Å². The van der Waals surface area contributed by atoms with E-state index >= 15 is 0 Å². The van der Waals surface area contributed by atoms with Gasteiger partial charge in [-0.05, 0) is 42.8 Å². The number of nitrogens with zero attached hydrogens (tertiary/aromatic N) is 1. The molecular weight excluding hydrogens is 575 g/mol. The second-order valence-corrected chi connectivity index (χ2v) is 12.2. The molecule has 0 aromatic heterocycles. The molecule has 3 aromatic rings. The number of carbonyl (C=O) groups excluding carboxylic acids is 1. The van der Waals surface area contributed by atoms with Crippen molar-refractivity contribution in [1.82, 2.24) is 4.90 Å². The summed E-state index contributed by atoms with van der Waals surface area (Å²) in [6.07, 6.45) is -1.36. The fraction of sp³-hybridized carbons (Fsp3) is 0.367. The lowest BCUT2D eigenvalue weighted by Crippen LogP contribution is -2.43. The highest BCUT2D eigenvalue weighted by Gasteiger charge is 2.35. The van der Waals surface area contributed by atoms with Gasteiger partial charge in [0.1, 0.15) is 0 Å². The van der Waals surface area contributed by atoms with Gasteiger partial charge in [-0.25, -0.2) is 0 Å². The van der Waals surface area contributed by atoms with Crippen LogP contribution in [0.1, 0.15) is 54.1 Å². The van der Waals surface area contributed by atoms with Crippen LogP contribution in [0.25, 0.3) is 0 Å². The minimum absolute atomic E-state index is 0.0424. The van der Waals surface area contributed by atoms with E-state index in [0.29, 0.717) is 24.2 Å². The number of aliphatic hydroxyl groups is 2. The third kappa shape index (κ3) is 7.96. The number of halogens is 3. The van der Waals surface area contributed by atoms with Crippen LogP contribution in [0.4, 0.5) is 5.69 Å². The van der Waals surface area contributed by atoms with E-state index in [1.807, 2.05) is 74.6 Å². The van der Waals surface area contributed by atoms with Crippen LogP contribution in [-0.4, -0.2) is 50.6 Å². The van der Waals surface area contributed by atoms with Crippen molar-refractivity contribution < 1.29 is 24.5 Å². The molecule has 1 amide bonds. The predicted molar refractivity (Wildman–Crippen MR) is 157 cm³/mol. The summed E-state index contributed by atoms with van der Waals surface area (Å²) < 4.78 is 10.7. The van der Waals surface area contributed by atoms with Crippen molar-refractivity contribution in [3.05, 3.63) is 101 Å². The summed E-state index contributed by atoms with van der Waals surface area (Å²) in [5.74, 6) is -0.771. The number of likely N-dealkylation sites (N-methyl/N-ethyl adjacent to an activating group) is 1. The van der Waals surface area contributed by atoms with Gasteiger partial charge in [-0.3, -0.25) is 9.69 Å². The van der Waals surface area contributed by atoms with E-state index in [2.05, 4.69) is 10.2 Å². The van der Waals surface area contributed by atoms with Crippen LogP contribution >= 0.6 is 34.8 Å². The zero-order valence-electron chi connectivity index (χ0n) is 22.2. The van der Waals surface area contributed by atoms with Gasteiger partial charge in [-0.1, -0.05) is 102 Å². The predicted octanol–water partition coefficient (Wildman–Crippen LogP) is 6.09. The molecule has 3 N–H and O–H groups in total. The zero-order valence-corrected chi connectivity index (χ0v) is 24.5. The number of anilines is 1. The molecule has 40 heavy (non-hydrogen) atoms. The number of benzene rings is 3. The molecule has 5 atom stereocenters. The van der Waals surface area contributed by atoms with Gasteiger partial charge >= 0.3 is 0 Å². The maximum atomic E-state index is 12.2. The highest BCUT2D eigenvalue weighted by molar-refractivity contribution is 6.76. The lowest BCUT2D eigenvalue weighted by molar-refractivity contribution is -0.253. The lowest BCUT2D eigenvalue weighted by Gasteiger charge is -2.39. The molecule has 1 aliphatic heterocycles. The normalized spacial score (nSPS) is 21.1. The Kier molecular flexibility index (Phi) is 10.5. The van der Waals surface area contributed by atoms with E-state index in [-0.39, 0.29) is 24.9 Å². The molecule has 0 unspecified atom stereocenters. The largest absolute Gasteiger partial charge is 0.392 e. The molecule has 1 heterocycles. The van der Waals surface area contributed by atoms with Gasteiger partial charge in [0.05, 0.1) is 24.9 Å². The van der Waals surface area contributed by atoms with E-state index in [4.69, 9.17) is 44.3 Å². The smallest absolute Gasteiger partial charge is 0.276 e. The third-order valence-electron chi connectivity index (χ3n) is 7.07. The molecule has 0 saturated carbocycles. The number of hydrogen-bond donors (Lipinski definition) is 3. The van der Waals surface area contributed by atoms with E-state index in [9.17, 15) is 15.0 Å². The summed E-state index contributed by atoms with van der Waals surface area (Å²) in [5, 5.41) is 23.0. The van der Waals surface area contributed by atoms with Crippen molar-refractivity contribution in [2.45, 2.75) is 54.4 Å². The maximum absolute atomic E-state index is 12.2. The van der Waals surface area contributed by atoms with Crippen molar-refractivity contribution in [3.63, 3.8) is 0 Å². The number of amides is 1. The second-order valence-electron chi connectivity index (χ2n) is 9.96. The third-order valence-corrected chi connectivity index (χ3v) is 7.59. The van der Waals surface area contributed by atoms with Gasteiger partial charge in [-0.2, -0.15) is 0 Å². The monoisotopic (exact) mass is 606 g/mol. The molecule has 0 aliphatic carbocycles. The van der Waals surface area contributed by atoms with E-state index in [1.165, 1.54) is 0 Å². The second kappa shape index (κ2) is 13.6. The van der Waals surface area contributed by atoms with Crippen LogP contribution < -0.4 is 5.32 Å². The van der Waals surface area contributed by atoms with E-state index in [1.54, 1.807) is 18.2 Å². The number of ether oxygens (including phenoxy) is 2. The molecular formula is C30H33Cl3N2O5. The fourth-order valence-corrected chi connectivity index (χ4v) is 4.80. The summed E-state index contributed by atoms with van der Waals surface area (Å²) >= 11 is 17.1. The summed E-state index contributed by atoms with van der Waals surface area (Å²) in [7, 11) is 1.96. The minimum Gasteiger partial charge on any atom is -0.392 e. The van der Waals surface area contributed by atoms with Gasteiger partial charge in [0.25, 0.3) is 9.70 Å². The number of rotatable bonds is 9. The molecule has 4 rings (SSSR count). The van der Waals surface area contributed by atoms with Gasteiger partial charge in [-0.15, -0.1) is 0 Å². The standard InChI is InChI=1S/C30H33Cl3N2O5/c1-19(27(37)22-7-4-3-5-8-22)35(2)17-25-16-26(21-13-11-20(18-36)12-14-21)40-28(39-25)23-9-6-10-24(15-23)34-29(38)30(31,32)33/h3-15,19,25-28,36-37H,16-18H2,1-2H3,(H,34,38)/t19-,25-,26+,27-,28+/m0/s1. The van der Waals surface area contributed by atoms with Crippen LogP contribution in [0.15, 0.2) is 78.9 Å². The maximum Gasteiger partial charge on any atom is 0.276 e. The Balaban J connectivity index is 1.55. The minimum atomic E-state index is -2.10. The molecule has 3 aromatic carbocycles. The summed E-state index contributed by atoms with van der Waals surface area (Å²) in [6, 6.07) is 24.0. The molecule has 1 saturated heterocycles. The Labute approximate surface area is 249 Å². The zero-order chi connectivity index (χ0) is 28.9. The van der Waals surface area contributed by atoms with Crippen molar-refractivity contribution in [2.24, 2.45) is 0 Å². The molecule has 0 radical (unpaired) electrons. The molecule has 7 nitrogen and oxygen atoms in total. The lowest BCUT2D eigenvalue weighted by atomic mass is 9.98. The molecule has 1 aliphatic rings. The summed E-state index contributed by atoms with van der Waals surface area (Å²) in [5.41, 5.74) is 3.73. The molecule has 214 valence electrons. The summed E-state index contributed by atoms with van der Waals surface area (Å²) in [4.78, 5) is 14.3. The highest BCUT2D eigenvalue weighted by Crippen LogP contribution is 2.39. The van der Waals surface area contributed by atoms with Crippen LogP contribution in [0, 0.1) is 0 Å². The number of nitrogens with one attached hydrogen (secondary N) is 1. The number of alkyl halides is 3. The first-order valence-corrected chi connectivity index (χ1v) is 14.1. The highest BCUT2D eigenvalue weighted by atomic mass is 35.6. The average Bonchev–Trinajstić information content (AvgIpc) is 2.96. The first-order chi connectivity index (χ1) is 19.0. The quantitative estimate of drug-likeness (QED) is 0.255. The van der Waals surface area contributed by atoms with Gasteiger partial charge in [0.2, 0.25) is 0 Å². The molecule has 0 bridgehead atoms. The van der Waals surface area contributed by atoms with Gasteiger partial charge in [0.15, 0.2) is 6.29 Å². The Hall–Kier alpha value is -2.20. The number of carbonyl (C=O) groups is 1. The average molecular weight is 608 g/mol. The number of aliphatic hydroxyl groups excluding tert-OH is 2. The Morgan fingerprint density at radius 1 is 1.02 bits per heavy atom. The molecule has 0 spiro atoms. The van der Waals surface area contributed by atoms with Gasteiger partial charge < -0.3 is 25.0 Å². The van der Waals surface area contributed by atoms with Crippen molar-refractivity contribution >= 4 is 46.4 Å². The van der Waals surface area contributed by atoms with Crippen LogP contribution in [0.3, 0.4) is 0 Å². The topological polar surface area (TPSA) is 91.3 Å². The molecule has 10 heteroatoms. The van der Waals surface area contributed by atoms with Crippen LogP contribution in [0.5, 0.6) is 0 Å². The molecule has 1 fully saturated rings. The van der Waals surface area contributed by atoms with Crippen LogP contribution in [-0.2, 0) is 20.9 Å². The van der Waals surface area contributed by atoms with E-state index in [0.717, 1.165) is 16.7 Å². The SMILES string of the molecule is C[C@@H]([C@H](O)c1ccccc1)N(C)C[C@@H]1C[C@H](c2ccc(CO)cc2)O[C@H](c2cccc(NC(=O)C(Cl)(Cl)Cl)c2)O1. The summed E-state index contributed by atoms with van der Waals surface area (Å²) in [6.45, 7) is 2.48. The Morgan fingerprint density at radius 2 is 1.73 bits per heavy atom. The Bertz CT molecular complexity index is 1260. The fourth-order valence-electron chi connectivity index (χ4n) is 4.66. The van der Waals surface area contributed by atoms with Crippen molar-refractivity contribution in [2.75, 3.05) is 18.9 Å². The first kappa shape index (κ1) is 30.8. The van der Waals surface area contributed by atoms with Crippen LogP contribution in [0.2, 0.25) is 0 Å².